The summed E-state index contributed by atoms with van der Waals surface area (Å²) >= 11 is 0. The lowest BCUT2D eigenvalue weighted by Crippen LogP contribution is -2.34. The third kappa shape index (κ3) is 11.1. The van der Waals surface area contributed by atoms with Crippen LogP contribution < -0.4 is 10.6 Å². The first kappa shape index (κ1) is 32.6. The number of ether oxygens (including phenoxy) is 4. The molecule has 224 valence electrons. The molecule has 4 atom stereocenters. The van der Waals surface area contributed by atoms with Crippen LogP contribution in [-0.2, 0) is 18.9 Å². The molecule has 2 aromatic rings. The van der Waals surface area contributed by atoms with Crippen molar-refractivity contribution in [2.45, 2.75) is 50.7 Å². The van der Waals surface area contributed by atoms with Gasteiger partial charge in [-0.3, -0.25) is 0 Å². The van der Waals surface area contributed by atoms with E-state index >= 15 is 0 Å². The molecule has 0 aromatic heterocycles. The molecular formula is C32H48F2N2O4. The number of methoxy groups -OCH3 is 2. The zero-order chi connectivity index (χ0) is 28.4. The van der Waals surface area contributed by atoms with Gasteiger partial charge in [0, 0.05) is 71.1 Å². The molecule has 0 aliphatic carbocycles. The summed E-state index contributed by atoms with van der Waals surface area (Å²) in [4.78, 5) is 0. The molecule has 0 spiro atoms. The third-order valence-electron chi connectivity index (χ3n) is 7.50. The van der Waals surface area contributed by atoms with E-state index in [1.807, 2.05) is 18.2 Å². The molecule has 2 fully saturated rings. The van der Waals surface area contributed by atoms with E-state index in [0.717, 1.165) is 70.3 Å². The van der Waals surface area contributed by atoms with Crippen LogP contribution in [0.4, 0.5) is 8.78 Å². The van der Waals surface area contributed by atoms with Gasteiger partial charge in [0.1, 0.15) is 11.6 Å². The van der Waals surface area contributed by atoms with E-state index in [1.165, 1.54) is 12.1 Å². The first-order valence-corrected chi connectivity index (χ1v) is 14.8. The van der Waals surface area contributed by atoms with Crippen molar-refractivity contribution in [3.05, 3.63) is 71.3 Å². The highest BCUT2D eigenvalue weighted by Gasteiger charge is 2.28. The Bertz CT molecular complexity index is 939. The predicted molar refractivity (Wildman–Crippen MR) is 154 cm³/mol. The lowest BCUT2D eigenvalue weighted by atomic mass is 9.89. The van der Waals surface area contributed by atoms with Crippen LogP contribution in [0.15, 0.2) is 48.5 Å². The Morgan fingerprint density at radius 3 is 1.90 bits per heavy atom. The maximum atomic E-state index is 14.0. The van der Waals surface area contributed by atoms with E-state index in [1.54, 1.807) is 32.4 Å². The minimum Gasteiger partial charge on any atom is -0.385 e. The van der Waals surface area contributed by atoms with E-state index in [2.05, 4.69) is 10.6 Å². The van der Waals surface area contributed by atoms with Crippen molar-refractivity contribution in [3.63, 3.8) is 0 Å². The second-order valence-electron chi connectivity index (χ2n) is 10.6. The predicted octanol–water partition coefficient (Wildman–Crippen LogP) is 5.84. The Morgan fingerprint density at radius 1 is 0.750 bits per heavy atom. The van der Waals surface area contributed by atoms with Crippen LogP contribution in [0.2, 0.25) is 0 Å². The van der Waals surface area contributed by atoms with E-state index in [-0.39, 0.29) is 23.8 Å². The van der Waals surface area contributed by atoms with Crippen molar-refractivity contribution in [3.8, 4) is 0 Å². The number of hydrogen-bond acceptors (Lipinski definition) is 6. The Labute approximate surface area is 239 Å². The monoisotopic (exact) mass is 562 g/mol. The molecule has 2 aliphatic rings. The Hall–Kier alpha value is -1.94. The van der Waals surface area contributed by atoms with E-state index in [4.69, 9.17) is 18.9 Å². The van der Waals surface area contributed by atoms with Gasteiger partial charge < -0.3 is 29.6 Å². The highest BCUT2D eigenvalue weighted by atomic mass is 19.1. The lowest BCUT2D eigenvalue weighted by Gasteiger charge is -2.31. The molecule has 0 radical (unpaired) electrons. The van der Waals surface area contributed by atoms with Gasteiger partial charge in [-0.1, -0.05) is 30.3 Å². The van der Waals surface area contributed by atoms with E-state index in [9.17, 15) is 8.78 Å². The molecule has 0 bridgehead atoms. The lowest BCUT2D eigenvalue weighted by molar-refractivity contribution is -0.00698. The molecular weight excluding hydrogens is 514 g/mol. The van der Waals surface area contributed by atoms with Crippen LogP contribution in [-0.4, -0.2) is 66.8 Å². The SMILES string of the molecule is COCCCO[C@@H](c1cccc(F)c1)[C@@H]1CCCNC1.COCCCO[C@@H](c1ccccc1F)[C@@H]1CCCNC1. The van der Waals surface area contributed by atoms with Crippen LogP contribution in [0, 0.1) is 23.5 Å². The molecule has 2 saturated heterocycles. The smallest absolute Gasteiger partial charge is 0.129 e. The van der Waals surface area contributed by atoms with E-state index in [0.29, 0.717) is 43.8 Å². The molecule has 4 rings (SSSR count). The summed E-state index contributed by atoms with van der Waals surface area (Å²) in [6.07, 6.45) is 5.98. The standard InChI is InChI=1S/2C16H24FNO2/c1-19-9-4-10-20-16(14-6-3-8-18-12-14)13-5-2-7-15(17)11-13;1-19-10-5-11-20-16(13-6-4-9-18-12-13)14-7-2-3-8-15(14)17/h2,5,7,11,14,16,18H,3-4,6,8-10,12H2,1H3;2-3,7-8,13,16,18H,4-6,9-12H2,1H3/t14-,16+;13-,16-/m11/s1. The molecule has 2 aromatic carbocycles. The average Bonchev–Trinajstić information content (AvgIpc) is 2.99. The summed E-state index contributed by atoms with van der Waals surface area (Å²) in [5, 5.41) is 6.78. The molecule has 0 amide bonds. The first-order valence-electron chi connectivity index (χ1n) is 14.8. The van der Waals surface area contributed by atoms with Crippen molar-refractivity contribution < 1.29 is 27.7 Å². The molecule has 2 N–H and O–H groups in total. The number of nitrogens with one attached hydrogen (secondary N) is 2. The summed E-state index contributed by atoms with van der Waals surface area (Å²) < 4.78 is 49.6. The number of benzene rings is 2. The minimum atomic E-state index is -0.197. The number of halogens is 2. The van der Waals surface area contributed by atoms with Gasteiger partial charge in [0.05, 0.1) is 12.2 Å². The van der Waals surface area contributed by atoms with Crippen LogP contribution in [0.1, 0.15) is 61.9 Å². The third-order valence-corrected chi connectivity index (χ3v) is 7.50. The fourth-order valence-electron chi connectivity index (χ4n) is 5.48. The van der Waals surface area contributed by atoms with Gasteiger partial charge in [-0.05, 0) is 75.4 Å². The van der Waals surface area contributed by atoms with E-state index < -0.39 is 0 Å². The van der Waals surface area contributed by atoms with Crippen molar-refractivity contribution in [1.29, 1.82) is 0 Å². The zero-order valence-electron chi connectivity index (χ0n) is 24.2. The summed E-state index contributed by atoms with van der Waals surface area (Å²) in [7, 11) is 3.37. The Balaban J connectivity index is 0.000000220. The molecule has 6 nitrogen and oxygen atoms in total. The summed E-state index contributed by atoms with van der Waals surface area (Å²) in [6.45, 7) is 6.55. The second kappa shape index (κ2) is 19.2. The van der Waals surface area contributed by atoms with Crippen LogP contribution in [0.5, 0.6) is 0 Å². The Morgan fingerprint density at radius 2 is 1.35 bits per heavy atom. The number of hydrogen-bond donors (Lipinski definition) is 2. The van der Waals surface area contributed by atoms with Crippen LogP contribution in [0.3, 0.4) is 0 Å². The van der Waals surface area contributed by atoms with Crippen LogP contribution in [0.25, 0.3) is 0 Å². The highest BCUT2D eigenvalue weighted by molar-refractivity contribution is 5.21. The van der Waals surface area contributed by atoms with Crippen molar-refractivity contribution in [2.75, 3.05) is 66.8 Å². The zero-order valence-corrected chi connectivity index (χ0v) is 24.2. The summed E-state index contributed by atoms with van der Waals surface area (Å²) in [6, 6.07) is 13.7. The normalized spacial score (nSPS) is 20.8. The fourth-order valence-corrected chi connectivity index (χ4v) is 5.48. The van der Waals surface area contributed by atoms with Gasteiger partial charge in [0.25, 0.3) is 0 Å². The highest BCUT2D eigenvalue weighted by Crippen LogP contribution is 2.33. The van der Waals surface area contributed by atoms with Crippen molar-refractivity contribution in [2.24, 2.45) is 11.8 Å². The van der Waals surface area contributed by atoms with Crippen LogP contribution >= 0.6 is 0 Å². The maximum Gasteiger partial charge on any atom is 0.129 e. The van der Waals surface area contributed by atoms with Gasteiger partial charge in [-0.15, -0.1) is 0 Å². The quantitative estimate of drug-likeness (QED) is 0.282. The minimum absolute atomic E-state index is 0.0321. The number of piperidine rings is 2. The Kier molecular flexibility index (Phi) is 15.7. The molecule has 8 heteroatoms. The topological polar surface area (TPSA) is 61.0 Å². The molecule has 0 saturated carbocycles. The largest absolute Gasteiger partial charge is 0.385 e. The maximum absolute atomic E-state index is 14.0. The molecule has 0 unspecified atom stereocenters. The fraction of sp³-hybridized carbons (Fsp3) is 0.625. The molecule has 2 heterocycles. The summed E-state index contributed by atoms with van der Waals surface area (Å²) in [5.74, 6) is 0.378. The molecule has 2 aliphatic heterocycles. The summed E-state index contributed by atoms with van der Waals surface area (Å²) in [5.41, 5.74) is 1.62. The average molecular weight is 563 g/mol. The van der Waals surface area contributed by atoms with Gasteiger partial charge in [-0.25, -0.2) is 8.78 Å². The van der Waals surface area contributed by atoms with Crippen molar-refractivity contribution in [1.82, 2.24) is 10.6 Å². The van der Waals surface area contributed by atoms with Gasteiger partial charge in [0.15, 0.2) is 0 Å². The number of rotatable bonds is 14. The van der Waals surface area contributed by atoms with Crippen molar-refractivity contribution >= 4 is 0 Å². The van der Waals surface area contributed by atoms with Gasteiger partial charge in [0.2, 0.25) is 0 Å². The first-order chi connectivity index (χ1) is 19.6. The molecule has 40 heavy (non-hydrogen) atoms. The van der Waals surface area contributed by atoms with Gasteiger partial charge >= 0.3 is 0 Å². The van der Waals surface area contributed by atoms with Gasteiger partial charge in [-0.2, -0.15) is 0 Å². The second-order valence-corrected chi connectivity index (χ2v) is 10.6.